The van der Waals surface area contributed by atoms with E-state index >= 15 is 0 Å². The third-order valence-corrected chi connectivity index (χ3v) is 1.90. The van der Waals surface area contributed by atoms with Gasteiger partial charge in [-0.25, -0.2) is 4.79 Å². The maximum atomic E-state index is 11.2. The summed E-state index contributed by atoms with van der Waals surface area (Å²) in [6, 6.07) is 0.333. The van der Waals surface area contributed by atoms with Crippen molar-refractivity contribution in [2.75, 3.05) is 25.0 Å². The molecule has 0 saturated heterocycles. The average molecular weight is 227 g/mol. The molecular formula is C10H17N3O3. The quantitative estimate of drug-likeness (QED) is 0.533. The molecule has 0 fully saturated rings. The summed E-state index contributed by atoms with van der Waals surface area (Å²) < 4.78 is 9.84. The van der Waals surface area contributed by atoms with Crippen LogP contribution in [0.25, 0.3) is 0 Å². The van der Waals surface area contributed by atoms with Crippen LogP contribution in [0, 0.1) is 0 Å². The van der Waals surface area contributed by atoms with Crippen molar-refractivity contribution in [1.29, 1.82) is 0 Å². The van der Waals surface area contributed by atoms with Crippen molar-refractivity contribution < 1.29 is 13.9 Å². The molecule has 0 aromatic carbocycles. The highest BCUT2D eigenvalue weighted by Gasteiger charge is 2.12. The molecule has 1 aromatic rings. The van der Waals surface area contributed by atoms with Crippen LogP contribution in [0.15, 0.2) is 10.7 Å². The predicted molar refractivity (Wildman–Crippen MR) is 59.2 cm³/mol. The van der Waals surface area contributed by atoms with Crippen LogP contribution in [0.5, 0.6) is 0 Å². The number of aromatic nitrogens is 1. The summed E-state index contributed by atoms with van der Waals surface area (Å²) in [4.78, 5) is 15.2. The molecule has 3 N–H and O–H groups in total. The Morgan fingerprint density at radius 1 is 1.62 bits per heavy atom. The number of esters is 1. The first-order valence-corrected chi connectivity index (χ1v) is 5.34. The van der Waals surface area contributed by atoms with Gasteiger partial charge in [-0.3, -0.25) is 0 Å². The van der Waals surface area contributed by atoms with E-state index in [0.29, 0.717) is 19.2 Å². The molecule has 0 aliphatic heterocycles. The minimum atomic E-state index is -0.471. The first-order chi connectivity index (χ1) is 7.77. The van der Waals surface area contributed by atoms with Gasteiger partial charge in [0.25, 0.3) is 6.01 Å². The Kier molecular flexibility index (Phi) is 5.35. The number of oxazole rings is 1. The van der Waals surface area contributed by atoms with Gasteiger partial charge in [0.1, 0.15) is 6.26 Å². The minimum absolute atomic E-state index is 0.183. The van der Waals surface area contributed by atoms with Crippen molar-refractivity contribution >= 4 is 12.0 Å². The molecule has 0 radical (unpaired) electrons. The van der Waals surface area contributed by atoms with Gasteiger partial charge in [0, 0.05) is 6.54 Å². The molecular weight excluding hydrogens is 210 g/mol. The second-order valence-electron chi connectivity index (χ2n) is 3.18. The highest BCUT2D eigenvalue weighted by Crippen LogP contribution is 2.08. The lowest BCUT2D eigenvalue weighted by atomic mass is 10.3. The second kappa shape index (κ2) is 6.84. The lowest BCUT2D eigenvalue weighted by molar-refractivity contribution is 0.0519. The Balaban J connectivity index is 2.36. The van der Waals surface area contributed by atoms with E-state index in [-0.39, 0.29) is 5.69 Å². The molecule has 1 heterocycles. The Labute approximate surface area is 94.2 Å². The maximum Gasteiger partial charge on any atom is 0.360 e. The van der Waals surface area contributed by atoms with Gasteiger partial charge in [-0.2, -0.15) is 4.98 Å². The summed E-state index contributed by atoms with van der Waals surface area (Å²) in [5, 5.41) is 2.96. The largest absolute Gasteiger partial charge is 0.461 e. The van der Waals surface area contributed by atoms with Gasteiger partial charge in [0.15, 0.2) is 5.69 Å². The van der Waals surface area contributed by atoms with Crippen LogP contribution in [0.4, 0.5) is 6.01 Å². The molecule has 1 aromatic heterocycles. The first kappa shape index (κ1) is 12.5. The highest BCUT2D eigenvalue weighted by molar-refractivity contribution is 5.87. The van der Waals surface area contributed by atoms with Crippen molar-refractivity contribution in [3.8, 4) is 0 Å². The summed E-state index contributed by atoms with van der Waals surface area (Å²) >= 11 is 0. The Bertz CT molecular complexity index is 325. The molecule has 0 amide bonds. The molecule has 6 heteroatoms. The molecule has 1 rings (SSSR count). The van der Waals surface area contributed by atoms with Crippen molar-refractivity contribution in [1.82, 2.24) is 4.98 Å². The lowest BCUT2D eigenvalue weighted by Crippen LogP contribution is -2.07. The number of nitrogens with zero attached hydrogens (tertiary/aromatic N) is 1. The van der Waals surface area contributed by atoms with Crippen molar-refractivity contribution in [3.63, 3.8) is 0 Å². The SMILES string of the molecule is CCOC(=O)c1coc(NCCCCN)n1. The van der Waals surface area contributed by atoms with Crippen LogP contribution in [-0.2, 0) is 4.74 Å². The Morgan fingerprint density at radius 3 is 3.12 bits per heavy atom. The number of carbonyl (C=O) groups excluding carboxylic acids is 1. The lowest BCUT2D eigenvalue weighted by Gasteiger charge is -1.99. The third kappa shape index (κ3) is 3.90. The van der Waals surface area contributed by atoms with E-state index in [9.17, 15) is 4.79 Å². The zero-order chi connectivity index (χ0) is 11.8. The summed E-state index contributed by atoms with van der Waals surface area (Å²) in [5.41, 5.74) is 5.54. The smallest absolute Gasteiger partial charge is 0.360 e. The van der Waals surface area contributed by atoms with E-state index in [4.69, 9.17) is 14.9 Å². The average Bonchev–Trinajstić information content (AvgIpc) is 2.73. The zero-order valence-corrected chi connectivity index (χ0v) is 9.36. The molecule has 0 spiro atoms. The summed E-state index contributed by atoms with van der Waals surface area (Å²) in [6.45, 7) is 3.45. The summed E-state index contributed by atoms with van der Waals surface area (Å²) in [6.07, 6.45) is 3.16. The monoisotopic (exact) mass is 227 g/mol. The van der Waals surface area contributed by atoms with E-state index in [1.54, 1.807) is 6.92 Å². The number of nitrogens with one attached hydrogen (secondary N) is 1. The van der Waals surface area contributed by atoms with Gasteiger partial charge in [0.05, 0.1) is 6.61 Å². The number of carbonyl (C=O) groups is 1. The van der Waals surface area contributed by atoms with E-state index in [1.165, 1.54) is 6.26 Å². The fourth-order valence-electron chi connectivity index (χ4n) is 1.12. The van der Waals surface area contributed by atoms with Crippen LogP contribution < -0.4 is 11.1 Å². The molecule has 6 nitrogen and oxygen atoms in total. The van der Waals surface area contributed by atoms with Gasteiger partial charge in [-0.1, -0.05) is 0 Å². The molecule has 90 valence electrons. The number of nitrogens with two attached hydrogens (primary N) is 1. The van der Waals surface area contributed by atoms with E-state index < -0.39 is 5.97 Å². The topological polar surface area (TPSA) is 90.4 Å². The normalized spacial score (nSPS) is 10.1. The number of anilines is 1. The Morgan fingerprint density at radius 2 is 2.44 bits per heavy atom. The zero-order valence-electron chi connectivity index (χ0n) is 9.36. The number of hydrogen-bond donors (Lipinski definition) is 2. The van der Waals surface area contributed by atoms with Gasteiger partial charge in [0.2, 0.25) is 0 Å². The summed E-state index contributed by atoms with van der Waals surface area (Å²) in [5.74, 6) is -0.471. The van der Waals surface area contributed by atoms with Crippen LogP contribution in [-0.4, -0.2) is 30.6 Å². The summed E-state index contributed by atoms with van der Waals surface area (Å²) in [7, 11) is 0. The predicted octanol–water partition coefficient (Wildman–Crippen LogP) is 1.00. The number of hydrogen-bond acceptors (Lipinski definition) is 6. The van der Waals surface area contributed by atoms with Gasteiger partial charge in [-0.15, -0.1) is 0 Å². The molecule has 0 atom stereocenters. The van der Waals surface area contributed by atoms with E-state index in [0.717, 1.165) is 19.4 Å². The van der Waals surface area contributed by atoms with Crippen LogP contribution >= 0.6 is 0 Å². The van der Waals surface area contributed by atoms with Gasteiger partial charge >= 0.3 is 5.97 Å². The van der Waals surface area contributed by atoms with Crippen LogP contribution in [0.2, 0.25) is 0 Å². The molecule has 0 bridgehead atoms. The third-order valence-electron chi connectivity index (χ3n) is 1.90. The molecule has 0 saturated carbocycles. The number of ether oxygens (including phenoxy) is 1. The molecule has 16 heavy (non-hydrogen) atoms. The first-order valence-electron chi connectivity index (χ1n) is 5.34. The highest BCUT2D eigenvalue weighted by atomic mass is 16.5. The maximum absolute atomic E-state index is 11.2. The Hall–Kier alpha value is -1.56. The molecule has 0 unspecified atom stereocenters. The van der Waals surface area contributed by atoms with Crippen LogP contribution in [0.3, 0.4) is 0 Å². The second-order valence-corrected chi connectivity index (χ2v) is 3.18. The minimum Gasteiger partial charge on any atom is -0.461 e. The van der Waals surface area contributed by atoms with Crippen molar-refractivity contribution in [2.24, 2.45) is 5.73 Å². The van der Waals surface area contributed by atoms with Gasteiger partial charge in [-0.05, 0) is 26.3 Å². The standard InChI is InChI=1S/C10H17N3O3/c1-2-15-9(14)8-7-16-10(13-8)12-6-4-3-5-11/h7H,2-6,11H2,1H3,(H,12,13). The number of unbranched alkanes of at least 4 members (excludes halogenated alkanes) is 1. The van der Waals surface area contributed by atoms with Crippen molar-refractivity contribution in [2.45, 2.75) is 19.8 Å². The van der Waals surface area contributed by atoms with Gasteiger partial charge < -0.3 is 20.2 Å². The number of rotatable bonds is 7. The molecule has 0 aliphatic carbocycles. The fraction of sp³-hybridized carbons (Fsp3) is 0.600. The van der Waals surface area contributed by atoms with E-state index in [1.807, 2.05) is 0 Å². The van der Waals surface area contributed by atoms with Crippen LogP contribution in [0.1, 0.15) is 30.3 Å². The fourth-order valence-corrected chi connectivity index (χ4v) is 1.12. The molecule has 0 aliphatic rings. The van der Waals surface area contributed by atoms with Crippen molar-refractivity contribution in [3.05, 3.63) is 12.0 Å². The van der Waals surface area contributed by atoms with E-state index in [2.05, 4.69) is 10.3 Å².